The van der Waals surface area contributed by atoms with Crippen molar-refractivity contribution < 1.29 is 19.4 Å². The molecule has 206 valence electrons. The molecule has 0 atom stereocenters. The van der Waals surface area contributed by atoms with Crippen LogP contribution in [0.3, 0.4) is 0 Å². The number of carboxylic acids is 1. The lowest BCUT2D eigenvalue weighted by molar-refractivity contribution is -0.118. The number of aromatic nitrogens is 2. The van der Waals surface area contributed by atoms with Crippen LogP contribution in [0.5, 0.6) is 5.75 Å². The number of benzene rings is 3. The van der Waals surface area contributed by atoms with Crippen LogP contribution in [0.15, 0.2) is 67.0 Å². The number of hydrogen-bond donors (Lipinski definition) is 2. The Morgan fingerprint density at radius 1 is 1.10 bits per heavy atom. The number of aryl methyl sites for hydroxylation is 1. The van der Waals surface area contributed by atoms with Gasteiger partial charge in [0.2, 0.25) is 5.91 Å². The molecule has 0 radical (unpaired) electrons. The number of rotatable bonds is 9. The van der Waals surface area contributed by atoms with Gasteiger partial charge in [0, 0.05) is 36.1 Å². The monoisotopic (exact) mass is 538 g/mol. The van der Waals surface area contributed by atoms with Gasteiger partial charge < -0.3 is 20.5 Å². The van der Waals surface area contributed by atoms with E-state index in [2.05, 4.69) is 31.1 Å². The summed E-state index contributed by atoms with van der Waals surface area (Å²) in [5, 5.41) is 13.9. The first kappa shape index (κ1) is 27.0. The first-order valence-corrected chi connectivity index (χ1v) is 13.6. The molecule has 1 amide bonds. The van der Waals surface area contributed by atoms with Crippen molar-refractivity contribution in [1.82, 2.24) is 9.78 Å². The van der Waals surface area contributed by atoms with Crippen LogP contribution in [-0.4, -0.2) is 39.9 Å². The van der Waals surface area contributed by atoms with Gasteiger partial charge in [-0.1, -0.05) is 30.3 Å². The minimum absolute atomic E-state index is 0.0867. The molecule has 0 bridgehead atoms. The van der Waals surface area contributed by atoms with Crippen LogP contribution in [0, 0.1) is 13.8 Å². The lowest BCUT2D eigenvalue weighted by Gasteiger charge is -2.31. The topological polar surface area (TPSA) is 111 Å². The number of hydrogen-bond acceptors (Lipinski definition) is 5. The molecule has 40 heavy (non-hydrogen) atoms. The van der Waals surface area contributed by atoms with E-state index in [0.29, 0.717) is 32.5 Å². The summed E-state index contributed by atoms with van der Waals surface area (Å²) in [7, 11) is 0. The molecule has 8 heteroatoms. The van der Waals surface area contributed by atoms with Crippen molar-refractivity contribution >= 4 is 23.3 Å². The van der Waals surface area contributed by atoms with Crippen LogP contribution in [0.2, 0.25) is 0 Å². The van der Waals surface area contributed by atoms with Gasteiger partial charge >= 0.3 is 5.97 Å². The summed E-state index contributed by atoms with van der Waals surface area (Å²) in [5.41, 5.74) is 13.4. The molecule has 0 fully saturated rings. The summed E-state index contributed by atoms with van der Waals surface area (Å²) in [6.45, 7) is 5.74. The van der Waals surface area contributed by atoms with Gasteiger partial charge in [-0.05, 0) is 85.2 Å². The Labute approximate surface area is 234 Å². The van der Waals surface area contributed by atoms with E-state index in [-0.39, 0.29) is 17.2 Å². The van der Waals surface area contributed by atoms with Gasteiger partial charge in [0.15, 0.2) is 0 Å². The van der Waals surface area contributed by atoms with Gasteiger partial charge in [0.25, 0.3) is 0 Å². The molecule has 0 saturated carbocycles. The second-order valence-corrected chi connectivity index (χ2v) is 10.3. The molecule has 5 rings (SSSR count). The summed E-state index contributed by atoms with van der Waals surface area (Å²) in [4.78, 5) is 26.6. The van der Waals surface area contributed by atoms with Gasteiger partial charge in [-0.3, -0.25) is 9.48 Å². The molecule has 3 aromatic carbocycles. The third-order valence-electron chi connectivity index (χ3n) is 7.54. The van der Waals surface area contributed by atoms with E-state index < -0.39 is 5.97 Å². The minimum Gasteiger partial charge on any atom is -0.493 e. The van der Waals surface area contributed by atoms with Crippen molar-refractivity contribution in [2.75, 3.05) is 23.8 Å². The predicted molar refractivity (Wildman–Crippen MR) is 156 cm³/mol. The molecule has 8 nitrogen and oxygen atoms in total. The van der Waals surface area contributed by atoms with Crippen molar-refractivity contribution in [2.24, 2.45) is 0 Å². The average Bonchev–Trinajstić information content (AvgIpc) is 3.41. The number of carboxylic acid groups (broad SMARTS) is 1. The standard InChI is InChI=1S/C32H34N4O4/c1-21-7-3-11-30(22(21)2)40-16-6-12-31(37)36-15-5-9-26-25(8-4-10-29(26)36)24-18-34-35(20-24)19-23-13-14-28(33)27(17-23)32(38)39/h3-4,7-8,10-11,13-14,17-18,20H,5-6,9,12,15-16,19,33H2,1-2H3,(H,38,39). The highest BCUT2D eigenvalue weighted by molar-refractivity contribution is 5.96. The van der Waals surface area contributed by atoms with E-state index >= 15 is 0 Å². The van der Waals surface area contributed by atoms with Crippen molar-refractivity contribution in [2.45, 2.75) is 46.1 Å². The fourth-order valence-corrected chi connectivity index (χ4v) is 5.24. The Balaban J connectivity index is 1.27. The molecular formula is C32H34N4O4. The van der Waals surface area contributed by atoms with Crippen molar-refractivity contribution in [3.8, 4) is 16.9 Å². The van der Waals surface area contributed by atoms with Crippen molar-refractivity contribution in [1.29, 1.82) is 0 Å². The Morgan fingerprint density at radius 2 is 1.93 bits per heavy atom. The van der Waals surface area contributed by atoms with Crippen LogP contribution in [0.1, 0.15) is 51.9 Å². The van der Waals surface area contributed by atoms with E-state index in [0.717, 1.165) is 52.1 Å². The molecule has 1 aromatic heterocycles. The van der Waals surface area contributed by atoms with Gasteiger partial charge in [-0.2, -0.15) is 5.10 Å². The fourth-order valence-electron chi connectivity index (χ4n) is 5.24. The quantitative estimate of drug-likeness (QED) is 0.211. The molecular weight excluding hydrogens is 504 g/mol. The van der Waals surface area contributed by atoms with Crippen molar-refractivity contribution in [3.63, 3.8) is 0 Å². The predicted octanol–water partition coefficient (Wildman–Crippen LogP) is 5.63. The molecule has 0 aliphatic carbocycles. The van der Waals surface area contributed by atoms with Crippen LogP contribution in [0.25, 0.3) is 11.1 Å². The summed E-state index contributed by atoms with van der Waals surface area (Å²) in [6, 6.07) is 17.1. The number of carbonyl (C=O) groups is 2. The SMILES string of the molecule is Cc1cccc(OCCCC(=O)N2CCCc3c(-c4cnn(Cc5ccc(N)c(C(=O)O)c5)c4)cccc32)c1C. The first-order valence-electron chi connectivity index (χ1n) is 13.6. The first-order chi connectivity index (χ1) is 19.3. The Hall–Kier alpha value is -4.59. The van der Waals surface area contributed by atoms with Gasteiger partial charge in [0.05, 0.1) is 24.9 Å². The van der Waals surface area contributed by atoms with Gasteiger partial charge in [-0.25, -0.2) is 4.79 Å². The average molecular weight is 539 g/mol. The molecule has 2 heterocycles. The molecule has 0 unspecified atom stereocenters. The third-order valence-corrected chi connectivity index (χ3v) is 7.54. The highest BCUT2D eigenvalue weighted by Gasteiger charge is 2.25. The molecule has 0 spiro atoms. The highest BCUT2D eigenvalue weighted by atomic mass is 16.5. The Bertz CT molecular complexity index is 1560. The second-order valence-electron chi connectivity index (χ2n) is 10.3. The number of amides is 1. The molecule has 1 aliphatic rings. The lowest BCUT2D eigenvalue weighted by Crippen LogP contribution is -2.35. The van der Waals surface area contributed by atoms with E-state index in [9.17, 15) is 14.7 Å². The summed E-state index contributed by atoms with van der Waals surface area (Å²) < 4.78 is 7.74. The van der Waals surface area contributed by atoms with E-state index in [1.165, 1.54) is 5.56 Å². The zero-order chi connectivity index (χ0) is 28.2. The summed E-state index contributed by atoms with van der Waals surface area (Å²) in [6.07, 6.45) is 6.63. The zero-order valence-electron chi connectivity index (χ0n) is 22.9. The minimum atomic E-state index is -1.05. The van der Waals surface area contributed by atoms with E-state index in [1.54, 1.807) is 16.8 Å². The van der Waals surface area contributed by atoms with Gasteiger partial charge in [0.1, 0.15) is 5.75 Å². The van der Waals surface area contributed by atoms with Crippen LogP contribution < -0.4 is 15.4 Å². The van der Waals surface area contributed by atoms with E-state index in [4.69, 9.17) is 10.5 Å². The molecule has 4 aromatic rings. The summed E-state index contributed by atoms with van der Waals surface area (Å²) in [5.74, 6) is -0.0694. The zero-order valence-corrected chi connectivity index (χ0v) is 22.9. The third kappa shape index (κ3) is 5.71. The molecule has 1 aliphatic heterocycles. The Kier molecular flexibility index (Phi) is 7.86. The number of nitrogen functional groups attached to an aromatic ring is 1. The smallest absolute Gasteiger partial charge is 0.337 e. The maximum absolute atomic E-state index is 13.3. The number of nitrogens with two attached hydrogens (primary N) is 1. The number of nitrogens with zero attached hydrogens (tertiary/aromatic N) is 3. The molecule has 3 N–H and O–H groups in total. The normalized spacial score (nSPS) is 12.7. The number of ether oxygens (including phenoxy) is 1. The van der Waals surface area contributed by atoms with Crippen LogP contribution >= 0.6 is 0 Å². The largest absolute Gasteiger partial charge is 0.493 e. The number of fused-ring (bicyclic) bond motifs is 1. The van der Waals surface area contributed by atoms with Crippen LogP contribution in [0.4, 0.5) is 11.4 Å². The maximum atomic E-state index is 13.3. The van der Waals surface area contributed by atoms with Gasteiger partial charge in [-0.15, -0.1) is 0 Å². The fraction of sp³-hybridized carbons (Fsp3) is 0.281. The van der Waals surface area contributed by atoms with E-state index in [1.807, 2.05) is 47.6 Å². The molecule has 0 saturated heterocycles. The number of carbonyl (C=O) groups excluding carboxylic acids is 1. The Morgan fingerprint density at radius 3 is 2.75 bits per heavy atom. The van der Waals surface area contributed by atoms with Crippen LogP contribution in [-0.2, 0) is 17.8 Å². The highest BCUT2D eigenvalue weighted by Crippen LogP contribution is 2.36. The second kappa shape index (κ2) is 11.7. The summed E-state index contributed by atoms with van der Waals surface area (Å²) >= 11 is 0. The number of anilines is 2. The number of aromatic carboxylic acids is 1. The lowest BCUT2D eigenvalue weighted by atomic mass is 9.93. The van der Waals surface area contributed by atoms with Crippen molar-refractivity contribution in [3.05, 3.63) is 94.8 Å². The maximum Gasteiger partial charge on any atom is 0.337 e.